The fourth-order valence-corrected chi connectivity index (χ4v) is 1.01. The summed E-state index contributed by atoms with van der Waals surface area (Å²) < 4.78 is 4.77. The van der Waals surface area contributed by atoms with Crippen LogP contribution in [-0.2, 0) is 4.74 Å². The lowest BCUT2D eigenvalue weighted by Crippen LogP contribution is -2.31. The van der Waals surface area contributed by atoms with E-state index in [9.17, 15) is 9.90 Å². The number of benzene rings is 1. The number of phenolic OH excluding ortho intramolecular Hbond substituents is 1. The zero-order chi connectivity index (χ0) is 11.1. The molecule has 1 rings (SSSR count). The molecule has 3 N–H and O–H groups in total. The summed E-state index contributed by atoms with van der Waals surface area (Å²) in [5.74, 6) is 0.0411. The van der Waals surface area contributed by atoms with E-state index in [1.165, 1.54) is 6.07 Å². The molecule has 1 aromatic rings. The molecule has 0 aromatic heterocycles. The highest BCUT2D eigenvalue weighted by Gasteiger charge is 2.03. The van der Waals surface area contributed by atoms with Gasteiger partial charge in [0.1, 0.15) is 5.75 Å². The zero-order valence-corrected chi connectivity index (χ0v) is 8.49. The number of hydrogen-bond acceptors (Lipinski definition) is 3. The third-order valence-corrected chi connectivity index (χ3v) is 1.74. The molecular weight excluding hydrogens is 196 g/mol. The molecule has 0 aliphatic rings. The number of urea groups is 1. The van der Waals surface area contributed by atoms with E-state index < -0.39 is 0 Å². The number of ether oxygens (including phenoxy) is 1. The second kappa shape index (κ2) is 5.87. The Hall–Kier alpha value is -1.75. The van der Waals surface area contributed by atoms with Gasteiger partial charge in [-0.25, -0.2) is 4.79 Å². The first-order chi connectivity index (χ1) is 7.24. The van der Waals surface area contributed by atoms with E-state index in [1.54, 1.807) is 25.3 Å². The molecule has 15 heavy (non-hydrogen) atoms. The summed E-state index contributed by atoms with van der Waals surface area (Å²) in [6, 6.07) is 6.16. The van der Waals surface area contributed by atoms with Crippen molar-refractivity contribution in [1.29, 1.82) is 0 Å². The molecule has 0 spiro atoms. The number of nitrogens with one attached hydrogen (secondary N) is 2. The van der Waals surface area contributed by atoms with Gasteiger partial charge in [0.2, 0.25) is 0 Å². The minimum absolute atomic E-state index is 0.0411. The maximum absolute atomic E-state index is 11.3. The molecule has 1 aromatic carbocycles. The normalized spacial score (nSPS) is 9.67. The number of carbonyl (C=O) groups is 1. The largest absolute Gasteiger partial charge is 0.506 e. The highest BCUT2D eigenvalue weighted by Crippen LogP contribution is 2.20. The third kappa shape index (κ3) is 3.86. The quantitative estimate of drug-likeness (QED) is 0.516. The van der Waals surface area contributed by atoms with Gasteiger partial charge in [-0.2, -0.15) is 0 Å². The molecule has 0 aliphatic carbocycles. The fourth-order valence-electron chi connectivity index (χ4n) is 1.01. The third-order valence-electron chi connectivity index (χ3n) is 1.74. The first-order valence-corrected chi connectivity index (χ1v) is 4.56. The number of aromatic hydroxyl groups is 1. The summed E-state index contributed by atoms with van der Waals surface area (Å²) in [7, 11) is 1.56. The van der Waals surface area contributed by atoms with Gasteiger partial charge in [-0.05, 0) is 12.1 Å². The summed E-state index contributed by atoms with van der Waals surface area (Å²) in [6.07, 6.45) is 0. The molecule has 0 atom stereocenters. The number of para-hydroxylation sites is 2. The molecule has 5 heteroatoms. The van der Waals surface area contributed by atoms with Crippen molar-refractivity contribution in [3.05, 3.63) is 24.3 Å². The lowest BCUT2D eigenvalue weighted by molar-refractivity contribution is 0.198. The number of phenols is 1. The minimum Gasteiger partial charge on any atom is -0.506 e. The number of hydrogen-bond donors (Lipinski definition) is 3. The maximum Gasteiger partial charge on any atom is 0.319 e. The van der Waals surface area contributed by atoms with E-state index in [2.05, 4.69) is 10.6 Å². The molecular formula is C10H14N2O3. The van der Waals surface area contributed by atoms with E-state index in [4.69, 9.17) is 4.74 Å². The SMILES string of the molecule is COCCNC(=O)Nc1ccccc1O. The smallest absolute Gasteiger partial charge is 0.319 e. The maximum atomic E-state index is 11.3. The Bertz CT molecular complexity index is 328. The number of amides is 2. The predicted molar refractivity (Wildman–Crippen MR) is 57.0 cm³/mol. The van der Waals surface area contributed by atoms with Crippen LogP contribution in [0.25, 0.3) is 0 Å². The van der Waals surface area contributed by atoms with Crippen LogP contribution >= 0.6 is 0 Å². The molecule has 0 fully saturated rings. The van der Waals surface area contributed by atoms with Gasteiger partial charge in [-0.1, -0.05) is 12.1 Å². The van der Waals surface area contributed by atoms with Crippen LogP contribution in [0.15, 0.2) is 24.3 Å². The van der Waals surface area contributed by atoms with E-state index >= 15 is 0 Å². The van der Waals surface area contributed by atoms with Gasteiger partial charge in [-0.3, -0.25) is 0 Å². The molecule has 0 aliphatic heterocycles. The molecule has 0 unspecified atom stereocenters. The van der Waals surface area contributed by atoms with Crippen molar-refractivity contribution in [2.75, 3.05) is 25.6 Å². The van der Waals surface area contributed by atoms with Crippen molar-refractivity contribution in [3.8, 4) is 5.75 Å². The van der Waals surface area contributed by atoms with Crippen molar-refractivity contribution in [2.24, 2.45) is 0 Å². The molecule has 82 valence electrons. The first-order valence-electron chi connectivity index (χ1n) is 4.56. The van der Waals surface area contributed by atoms with E-state index in [0.29, 0.717) is 18.8 Å². The van der Waals surface area contributed by atoms with Crippen LogP contribution in [0.2, 0.25) is 0 Å². The number of anilines is 1. The second-order valence-electron chi connectivity index (χ2n) is 2.89. The number of methoxy groups -OCH3 is 1. The number of rotatable bonds is 4. The Morgan fingerprint density at radius 3 is 2.87 bits per heavy atom. The molecule has 0 radical (unpaired) electrons. The predicted octanol–water partition coefficient (Wildman–Crippen LogP) is 1.16. The van der Waals surface area contributed by atoms with Gasteiger partial charge in [0.25, 0.3) is 0 Å². The Labute approximate surface area is 88.1 Å². The molecule has 0 heterocycles. The van der Waals surface area contributed by atoms with E-state index in [1.807, 2.05) is 0 Å². The van der Waals surface area contributed by atoms with Crippen molar-refractivity contribution in [3.63, 3.8) is 0 Å². The zero-order valence-electron chi connectivity index (χ0n) is 8.49. The monoisotopic (exact) mass is 210 g/mol. The standard InChI is InChI=1S/C10H14N2O3/c1-15-7-6-11-10(14)12-8-4-2-3-5-9(8)13/h2-5,13H,6-7H2,1H3,(H2,11,12,14). The van der Waals surface area contributed by atoms with Crippen LogP contribution in [-0.4, -0.2) is 31.4 Å². The summed E-state index contributed by atoms with van der Waals surface area (Å²) in [5.41, 5.74) is 0.382. The van der Waals surface area contributed by atoms with Crippen LogP contribution in [0.1, 0.15) is 0 Å². The van der Waals surface area contributed by atoms with Crippen LogP contribution < -0.4 is 10.6 Å². The van der Waals surface area contributed by atoms with Gasteiger partial charge in [0, 0.05) is 13.7 Å². The molecule has 5 nitrogen and oxygen atoms in total. The Kier molecular flexibility index (Phi) is 4.43. The minimum atomic E-state index is -0.367. The average molecular weight is 210 g/mol. The van der Waals surface area contributed by atoms with Gasteiger partial charge in [-0.15, -0.1) is 0 Å². The van der Waals surface area contributed by atoms with Gasteiger partial charge >= 0.3 is 6.03 Å². The first kappa shape index (κ1) is 11.3. The summed E-state index contributed by atoms with van der Waals surface area (Å²) in [4.78, 5) is 11.3. The summed E-state index contributed by atoms with van der Waals surface area (Å²) >= 11 is 0. The molecule has 2 amide bonds. The Balaban J connectivity index is 2.41. The van der Waals surface area contributed by atoms with Crippen molar-refractivity contribution >= 4 is 11.7 Å². The lowest BCUT2D eigenvalue weighted by Gasteiger charge is -2.08. The molecule has 0 bridgehead atoms. The number of carbonyl (C=O) groups excluding carboxylic acids is 1. The van der Waals surface area contributed by atoms with Crippen LogP contribution in [0.5, 0.6) is 5.75 Å². The highest BCUT2D eigenvalue weighted by atomic mass is 16.5. The van der Waals surface area contributed by atoms with Crippen molar-refractivity contribution < 1.29 is 14.6 Å². The lowest BCUT2D eigenvalue weighted by atomic mass is 10.3. The molecule has 0 saturated heterocycles. The van der Waals surface area contributed by atoms with Crippen LogP contribution in [0, 0.1) is 0 Å². The Morgan fingerprint density at radius 2 is 2.20 bits per heavy atom. The van der Waals surface area contributed by atoms with Crippen molar-refractivity contribution in [1.82, 2.24) is 5.32 Å². The second-order valence-corrected chi connectivity index (χ2v) is 2.89. The average Bonchev–Trinajstić information content (AvgIpc) is 2.22. The van der Waals surface area contributed by atoms with Crippen molar-refractivity contribution in [2.45, 2.75) is 0 Å². The fraction of sp³-hybridized carbons (Fsp3) is 0.300. The van der Waals surface area contributed by atoms with Gasteiger partial charge < -0.3 is 20.5 Å². The van der Waals surface area contributed by atoms with Gasteiger partial charge in [0.15, 0.2) is 0 Å². The van der Waals surface area contributed by atoms with Crippen LogP contribution in [0.4, 0.5) is 10.5 Å². The summed E-state index contributed by atoms with van der Waals surface area (Å²) in [6.45, 7) is 0.879. The highest BCUT2D eigenvalue weighted by molar-refractivity contribution is 5.90. The van der Waals surface area contributed by atoms with Gasteiger partial charge in [0.05, 0.1) is 12.3 Å². The van der Waals surface area contributed by atoms with Crippen LogP contribution in [0.3, 0.4) is 0 Å². The van der Waals surface area contributed by atoms with E-state index in [-0.39, 0.29) is 11.8 Å². The molecule has 0 saturated carbocycles. The Morgan fingerprint density at radius 1 is 1.47 bits per heavy atom. The van der Waals surface area contributed by atoms with E-state index in [0.717, 1.165) is 0 Å². The summed E-state index contributed by atoms with van der Waals surface area (Å²) in [5, 5.41) is 14.5. The topological polar surface area (TPSA) is 70.6 Å².